The van der Waals surface area contributed by atoms with Gasteiger partial charge in [0.25, 0.3) is 0 Å². The molecule has 1 rings (SSSR count). The molecule has 0 heterocycles. The zero-order chi connectivity index (χ0) is 4.41. The molecule has 0 aromatic rings. The van der Waals surface area contributed by atoms with Gasteiger partial charge in [0.05, 0.1) is 5.70 Å². The van der Waals surface area contributed by atoms with Gasteiger partial charge in [0, 0.05) is 12.6 Å². The molecule has 0 aliphatic heterocycles. The number of hydrogen-bond acceptors (Lipinski definition) is 1. The largest absolute Gasteiger partial charge is 0.379 e. The standard InChI is InChI=1S/C5H7N/c1-2-6-5-3-4-5/h3,6H,2H2,1H3. The Kier molecular flexibility index (Phi) is 0.697. The Hall–Kier alpha value is -0.680. The summed E-state index contributed by atoms with van der Waals surface area (Å²) in [5.74, 6) is 0. The molecule has 0 bridgehead atoms. The van der Waals surface area contributed by atoms with Gasteiger partial charge in [0.1, 0.15) is 0 Å². The Morgan fingerprint density at radius 1 is 2.00 bits per heavy atom. The third-order valence-electron chi connectivity index (χ3n) is 0.656. The van der Waals surface area contributed by atoms with E-state index in [4.69, 9.17) is 0 Å². The van der Waals surface area contributed by atoms with E-state index in [0.29, 0.717) is 0 Å². The number of hydrogen-bond donors (Lipinski definition) is 1. The summed E-state index contributed by atoms with van der Waals surface area (Å²) < 4.78 is 0. The molecule has 0 saturated carbocycles. The molecule has 0 aromatic heterocycles. The Bertz CT molecular complexity index is 107. The normalized spacial score (nSPS) is 13.8. The van der Waals surface area contributed by atoms with Gasteiger partial charge in [-0.3, -0.25) is 0 Å². The van der Waals surface area contributed by atoms with Crippen molar-refractivity contribution in [3.8, 4) is 0 Å². The van der Waals surface area contributed by atoms with Crippen molar-refractivity contribution in [2.75, 3.05) is 6.54 Å². The highest BCUT2D eigenvalue weighted by atomic mass is 14.9. The first kappa shape index (κ1) is 3.51. The summed E-state index contributed by atoms with van der Waals surface area (Å²) in [5.41, 5.74) is 4.08. The van der Waals surface area contributed by atoms with Crippen LogP contribution in [0.1, 0.15) is 6.92 Å². The summed E-state index contributed by atoms with van der Waals surface area (Å²) in [6.07, 6.45) is 1.93. The third kappa shape index (κ3) is 0.631. The molecule has 1 N–H and O–H groups in total. The molecule has 0 radical (unpaired) electrons. The zero-order valence-electron chi connectivity index (χ0n) is 3.78. The van der Waals surface area contributed by atoms with Crippen molar-refractivity contribution in [2.45, 2.75) is 6.92 Å². The van der Waals surface area contributed by atoms with E-state index in [2.05, 4.69) is 18.0 Å². The van der Waals surface area contributed by atoms with Gasteiger partial charge in [-0.15, -0.1) is 0 Å². The highest BCUT2D eigenvalue weighted by Gasteiger charge is 1.92. The van der Waals surface area contributed by atoms with Crippen LogP contribution in [0, 0.1) is 0 Å². The van der Waals surface area contributed by atoms with Crippen molar-refractivity contribution in [2.24, 2.45) is 0 Å². The topological polar surface area (TPSA) is 12.0 Å². The summed E-state index contributed by atoms with van der Waals surface area (Å²) in [4.78, 5) is 0. The molecule has 1 aliphatic carbocycles. The first-order chi connectivity index (χ1) is 2.93. The molecule has 0 saturated heterocycles. The third-order valence-corrected chi connectivity index (χ3v) is 0.656. The van der Waals surface area contributed by atoms with E-state index in [1.807, 2.05) is 6.08 Å². The van der Waals surface area contributed by atoms with E-state index in [1.165, 1.54) is 0 Å². The lowest BCUT2D eigenvalue weighted by molar-refractivity contribution is 0.898. The first-order valence-electron chi connectivity index (χ1n) is 2.14. The van der Waals surface area contributed by atoms with Crippen LogP contribution in [0.2, 0.25) is 0 Å². The van der Waals surface area contributed by atoms with Crippen molar-refractivity contribution in [1.29, 1.82) is 0 Å². The minimum atomic E-state index is 1.01. The first-order valence-corrected chi connectivity index (χ1v) is 2.14. The highest BCUT2D eigenvalue weighted by Crippen LogP contribution is 1.97. The second-order valence-corrected chi connectivity index (χ2v) is 1.23. The summed E-state index contributed by atoms with van der Waals surface area (Å²) in [6.45, 7) is 3.08. The second-order valence-electron chi connectivity index (χ2n) is 1.23. The molecule has 1 heteroatoms. The molecule has 0 fully saturated rings. The van der Waals surface area contributed by atoms with Gasteiger partial charge in [0.2, 0.25) is 0 Å². The van der Waals surface area contributed by atoms with Crippen LogP contribution in [0.5, 0.6) is 0 Å². The lowest BCUT2D eigenvalue weighted by Crippen LogP contribution is -2.04. The van der Waals surface area contributed by atoms with Crippen LogP contribution in [0.4, 0.5) is 0 Å². The molecule has 0 spiro atoms. The van der Waals surface area contributed by atoms with Crippen molar-refractivity contribution in [1.82, 2.24) is 5.32 Å². The van der Waals surface area contributed by atoms with Gasteiger partial charge < -0.3 is 5.32 Å². The van der Waals surface area contributed by atoms with Crippen LogP contribution in [-0.2, 0) is 0 Å². The number of nitrogens with one attached hydrogen (secondary N) is 1. The van der Waals surface area contributed by atoms with E-state index >= 15 is 0 Å². The van der Waals surface area contributed by atoms with Crippen LogP contribution in [-0.4, -0.2) is 6.54 Å². The zero-order valence-corrected chi connectivity index (χ0v) is 3.78. The molecular formula is C5H7N. The van der Waals surface area contributed by atoms with Gasteiger partial charge >= 0.3 is 0 Å². The smallest absolute Gasteiger partial charge is 0.0853 e. The van der Waals surface area contributed by atoms with Gasteiger partial charge in [-0.05, 0) is 6.92 Å². The highest BCUT2D eigenvalue weighted by molar-refractivity contribution is 5.28. The lowest BCUT2D eigenvalue weighted by Gasteiger charge is -1.87. The van der Waals surface area contributed by atoms with Gasteiger partial charge in [-0.2, -0.15) is 0 Å². The van der Waals surface area contributed by atoms with E-state index < -0.39 is 0 Å². The summed E-state index contributed by atoms with van der Waals surface area (Å²) >= 11 is 0. The minimum absolute atomic E-state index is 1.01. The SMILES string of the molecule is CCNC1=C=C1. The Labute approximate surface area is 37.4 Å². The monoisotopic (exact) mass is 81.1 g/mol. The molecule has 0 unspecified atom stereocenters. The van der Waals surface area contributed by atoms with Crippen LogP contribution in [0.3, 0.4) is 0 Å². The number of rotatable bonds is 2. The maximum absolute atomic E-state index is 3.07. The molecule has 32 valence electrons. The van der Waals surface area contributed by atoms with Crippen LogP contribution < -0.4 is 5.32 Å². The fourth-order valence-corrected chi connectivity index (χ4v) is 0.329. The summed E-state index contributed by atoms with van der Waals surface area (Å²) in [7, 11) is 0. The average Bonchev–Trinajstić information content (AvgIpc) is 2.21. The van der Waals surface area contributed by atoms with Crippen LogP contribution in [0.15, 0.2) is 17.5 Å². The van der Waals surface area contributed by atoms with Crippen molar-refractivity contribution in [3.63, 3.8) is 0 Å². The van der Waals surface area contributed by atoms with E-state index in [9.17, 15) is 0 Å². The van der Waals surface area contributed by atoms with Gasteiger partial charge in [-0.1, -0.05) is 5.73 Å². The van der Waals surface area contributed by atoms with E-state index in [-0.39, 0.29) is 0 Å². The second kappa shape index (κ2) is 1.19. The van der Waals surface area contributed by atoms with Crippen LogP contribution in [0.25, 0.3) is 0 Å². The van der Waals surface area contributed by atoms with Crippen molar-refractivity contribution >= 4 is 0 Å². The Balaban J connectivity index is 2.05. The maximum Gasteiger partial charge on any atom is 0.0853 e. The van der Waals surface area contributed by atoms with Crippen LogP contribution >= 0.6 is 0 Å². The molecule has 0 aromatic carbocycles. The molecule has 1 nitrogen and oxygen atoms in total. The quantitative estimate of drug-likeness (QED) is 0.481. The van der Waals surface area contributed by atoms with Crippen molar-refractivity contribution in [3.05, 3.63) is 17.5 Å². The summed E-state index contributed by atoms with van der Waals surface area (Å²) in [6, 6.07) is 0. The summed E-state index contributed by atoms with van der Waals surface area (Å²) in [5, 5.41) is 3.07. The molecule has 0 amide bonds. The predicted molar refractivity (Wildman–Crippen MR) is 25.3 cm³/mol. The molecule has 1 aliphatic rings. The lowest BCUT2D eigenvalue weighted by atomic mass is 10.7. The van der Waals surface area contributed by atoms with Crippen molar-refractivity contribution < 1.29 is 0 Å². The molecule has 0 atom stereocenters. The van der Waals surface area contributed by atoms with Gasteiger partial charge in [0.15, 0.2) is 0 Å². The predicted octanol–water partition coefficient (Wildman–Crippen LogP) is 0.649. The van der Waals surface area contributed by atoms with E-state index in [1.54, 1.807) is 0 Å². The van der Waals surface area contributed by atoms with E-state index in [0.717, 1.165) is 12.2 Å². The Morgan fingerprint density at radius 3 is 2.83 bits per heavy atom. The number of likely N-dealkylation sites (N-methyl/N-ethyl adjacent to an activating group) is 1. The fraction of sp³-hybridized carbons (Fsp3) is 0.400. The maximum atomic E-state index is 3.07. The minimum Gasteiger partial charge on any atom is -0.379 e. The molecule has 6 heavy (non-hydrogen) atoms. The molecular weight excluding hydrogens is 74.1 g/mol. The van der Waals surface area contributed by atoms with Gasteiger partial charge in [-0.25, -0.2) is 0 Å². The Morgan fingerprint density at radius 2 is 2.67 bits per heavy atom. The average molecular weight is 81.1 g/mol. The fourth-order valence-electron chi connectivity index (χ4n) is 0.329.